The first kappa shape index (κ1) is 15.7. The fourth-order valence-corrected chi connectivity index (χ4v) is 2.71. The summed E-state index contributed by atoms with van der Waals surface area (Å²) in [5, 5.41) is 13.7. The summed E-state index contributed by atoms with van der Waals surface area (Å²) in [5.74, 6) is 0. The number of aliphatic hydroxyl groups excluding tert-OH is 1. The van der Waals surface area contributed by atoms with Crippen molar-refractivity contribution < 1.29 is 5.11 Å². The van der Waals surface area contributed by atoms with Crippen molar-refractivity contribution in [2.45, 2.75) is 45.8 Å². The van der Waals surface area contributed by atoms with Gasteiger partial charge in [0.25, 0.3) is 0 Å². The van der Waals surface area contributed by atoms with E-state index in [0.717, 1.165) is 17.0 Å². The van der Waals surface area contributed by atoms with E-state index in [1.807, 2.05) is 31.5 Å². The van der Waals surface area contributed by atoms with Crippen molar-refractivity contribution in [3.05, 3.63) is 53.6 Å². The molecule has 2 rings (SSSR count). The first-order chi connectivity index (χ1) is 9.98. The van der Waals surface area contributed by atoms with Crippen LogP contribution in [0.3, 0.4) is 0 Å². The summed E-state index contributed by atoms with van der Waals surface area (Å²) in [6, 6.07) is 10.4. The van der Waals surface area contributed by atoms with Crippen LogP contribution in [0.5, 0.6) is 0 Å². The molecular weight excluding hydrogens is 262 g/mol. The van der Waals surface area contributed by atoms with Gasteiger partial charge < -0.3 is 15.0 Å². The molecule has 0 amide bonds. The second-order valence-electron chi connectivity index (χ2n) is 5.95. The van der Waals surface area contributed by atoms with Crippen LogP contribution in [0.15, 0.2) is 36.7 Å². The SMILES string of the molecule is Cc1ncn(CC(CO)(NC(C)C)c2ccccc2)c1C. The van der Waals surface area contributed by atoms with Gasteiger partial charge in [0.05, 0.1) is 24.2 Å². The van der Waals surface area contributed by atoms with E-state index in [1.54, 1.807) is 0 Å². The second kappa shape index (κ2) is 6.41. The molecule has 4 heteroatoms. The van der Waals surface area contributed by atoms with Crippen LogP contribution in [0, 0.1) is 13.8 Å². The van der Waals surface area contributed by atoms with Crippen LogP contribution in [0.4, 0.5) is 0 Å². The van der Waals surface area contributed by atoms with Gasteiger partial charge in [-0.15, -0.1) is 0 Å². The lowest BCUT2D eigenvalue weighted by atomic mass is 9.89. The molecule has 0 aliphatic carbocycles. The molecule has 1 atom stereocenters. The number of nitrogens with zero attached hydrogens (tertiary/aromatic N) is 2. The summed E-state index contributed by atoms with van der Waals surface area (Å²) in [7, 11) is 0. The Balaban J connectivity index is 2.42. The maximum atomic E-state index is 10.1. The summed E-state index contributed by atoms with van der Waals surface area (Å²) < 4.78 is 2.11. The number of imidazole rings is 1. The van der Waals surface area contributed by atoms with Crippen LogP contribution in [-0.2, 0) is 12.1 Å². The molecule has 0 aliphatic rings. The topological polar surface area (TPSA) is 50.1 Å². The third-order valence-electron chi connectivity index (χ3n) is 3.95. The molecule has 4 nitrogen and oxygen atoms in total. The zero-order valence-corrected chi connectivity index (χ0v) is 13.3. The summed E-state index contributed by atoms with van der Waals surface area (Å²) in [6.07, 6.45) is 1.85. The lowest BCUT2D eigenvalue weighted by molar-refractivity contribution is 0.132. The minimum Gasteiger partial charge on any atom is -0.394 e. The summed E-state index contributed by atoms with van der Waals surface area (Å²) in [4.78, 5) is 4.36. The van der Waals surface area contributed by atoms with E-state index < -0.39 is 5.54 Å². The van der Waals surface area contributed by atoms with Crippen molar-refractivity contribution in [1.29, 1.82) is 0 Å². The van der Waals surface area contributed by atoms with Crippen LogP contribution < -0.4 is 5.32 Å². The molecule has 0 radical (unpaired) electrons. The minimum atomic E-state index is -0.507. The van der Waals surface area contributed by atoms with Crippen LogP contribution in [0.25, 0.3) is 0 Å². The molecule has 2 aromatic rings. The number of aryl methyl sites for hydroxylation is 1. The molecule has 1 aromatic carbocycles. The zero-order chi connectivity index (χ0) is 15.5. The molecule has 21 heavy (non-hydrogen) atoms. The van der Waals surface area contributed by atoms with Crippen molar-refractivity contribution in [3.63, 3.8) is 0 Å². The van der Waals surface area contributed by atoms with Gasteiger partial charge in [-0.2, -0.15) is 0 Å². The quantitative estimate of drug-likeness (QED) is 0.857. The summed E-state index contributed by atoms with van der Waals surface area (Å²) >= 11 is 0. The van der Waals surface area contributed by atoms with Gasteiger partial charge in [0.15, 0.2) is 0 Å². The summed E-state index contributed by atoms with van der Waals surface area (Å²) in [5.41, 5.74) is 2.74. The van der Waals surface area contributed by atoms with E-state index in [9.17, 15) is 5.11 Å². The number of rotatable bonds is 6. The lowest BCUT2D eigenvalue weighted by Crippen LogP contribution is -2.51. The monoisotopic (exact) mass is 287 g/mol. The number of nitrogens with one attached hydrogen (secondary N) is 1. The molecule has 0 saturated carbocycles. The average molecular weight is 287 g/mol. The highest BCUT2D eigenvalue weighted by Crippen LogP contribution is 2.25. The standard InChI is InChI=1S/C17H25N3O/c1-13(2)19-17(11-21,16-8-6-5-7-9-16)10-20-12-18-14(3)15(20)4/h5-9,12-13,19,21H,10-11H2,1-4H3. The van der Waals surface area contributed by atoms with Crippen molar-refractivity contribution in [2.24, 2.45) is 0 Å². The van der Waals surface area contributed by atoms with Gasteiger partial charge in [-0.3, -0.25) is 0 Å². The Kier molecular flexibility index (Phi) is 4.80. The van der Waals surface area contributed by atoms with Crippen LogP contribution >= 0.6 is 0 Å². The number of hydrogen-bond donors (Lipinski definition) is 2. The van der Waals surface area contributed by atoms with Crippen molar-refractivity contribution in [1.82, 2.24) is 14.9 Å². The molecule has 1 heterocycles. The number of aromatic nitrogens is 2. The van der Waals surface area contributed by atoms with Gasteiger partial charge in [0.2, 0.25) is 0 Å². The first-order valence-corrected chi connectivity index (χ1v) is 7.41. The Morgan fingerprint density at radius 1 is 1.24 bits per heavy atom. The van der Waals surface area contributed by atoms with Crippen molar-refractivity contribution in [2.75, 3.05) is 6.61 Å². The Hall–Kier alpha value is -1.65. The van der Waals surface area contributed by atoms with Gasteiger partial charge in [-0.25, -0.2) is 4.98 Å². The molecule has 0 spiro atoms. The highest BCUT2D eigenvalue weighted by molar-refractivity contribution is 5.25. The van der Waals surface area contributed by atoms with Crippen LogP contribution in [0.1, 0.15) is 30.8 Å². The molecule has 0 fully saturated rings. The Morgan fingerprint density at radius 2 is 1.90 bits per heavy atom. The van der Waals surface area contributed by atoms with Crippen molar-refractivity contribution >= 4 is 0 Å². The molecule has 2 N–H and O–H groups in total. The number of aliphatic hydroxyl groups is 1. The highest BCUT2D eigenvalue weighted by Gasteiger charge is 2.33. The largest absolute Gasteiger partial charge is 0.394 e. The van der Waals surface area contributed by atoms with E-state index in [0.29, 0.717) is 6.54 Å². The fraction of sp³-hybridized carbons (Fsp3) is 0.471. The third-order valence-corrected chi connectivity index (χ3v) is 3.95. The average Bonchev–Trinajstić information content (AvgIpc) is 2.79. The molecule has 1 unspecified atom stereocenters. The third kappa shape index (κ3) is 3.34. The summed E-state index contributed by atoms with van der Waals surface area (Å²) in [6.45, 7) is 8.94. The molecule has 114 valence electrons. The van der Waals surface area contributed by atoms with Crippen molar-refractivity contribution in [3.8, 4) is 0 Å². The van der Waals surface area contributed by atoms with Crippen LogP contribution in [0.2, 0.25) is 0 Å². The highest BCUT2D eigenvalue weighted by atomic mass is 16.3. The Bertz CT molecular complexity index is 577. The Morgan fingerprint density at radius 3 is 2.38 bits per heavy atom. The van der Waals surface area contributed by atoms with Gasteiger partial charge in [-0.1, -0.05) is 30.3 Å². The molecular formula is C17H25N3O. The van der Waals surface area contributed by atoms with Gasteiger partial charge >= 0.3 is 0 Å². The number of benzene rings is 1. The first-order valence-electron chi connectivity index (χ1n) is 7.41. The molecule has 0 bridgehead atoms. The van der Waals surface area contributed by atoms with E-state index in [-0.39, 0.29) is 12.6 Å². The van der Waals surface area contributed by atoms with Gasteiger partial charge in [-0.05, 0) is 33.3 Å². The predicted molar refractivity (Wildman–Crippen MR) is 85.2 cm³/mol. The zero-order valence-electron chi connectivity index (χ0n) is 13.3. The van der Waals surface area contributed by atoms with Gasteiger partial charge in [0.1, 0.15) is 0 Å². The second-order valence-corrected chi connectivity index (χ2v) is 5.95. The van der Waals surface area contributed by atoms with Gasteiger partial charge in [0, 0.05) is 18.3 Å². The normalized spacial score (nSPS) is 14.4. The molecule has 0 aliphatic heterocycles. The minimum absolute atomic E-state index is 0.0336. The lowest BCUT2D eigenvalue weighted by Gasteiger charge is -2.36. The van der Waals surface area contributed by atoms with E-state index >= 15 is 0 Å². The molecule has 0 saturated heterocycles. The maximum absolute atomic E-state index is 10.1. The smallest absolute Gasteiger partial charge is 0.0952 e. The van der Waals surface area contributed by atoms with E-state index in [2.05, 4.69) is 47.8 Å². The van der Waals surface area contributed by atoms with Crippen LogP contribution in [-0.4, -0.2) is 27.3 Å². The maximum Gasteiger partial charge on any atom is 0.0952 e. The van der Waals surface area contributed by atoms with E-state index in [4.69, 9.17) is 0 Å². The fourth-order valence-electron chi connectivity index (χ4n) is 2.71. The molecule has 1 aromatic heterocycles. The number of hydrogen-bond acceptors (Lipinski definition) is 3. The predicted octanol–water partition coefficient (Wildman–Crippen LogP) is 2.39. The Labute approximate surface area is 126 Å². The van der Waals surface area contributed by atoms with E-state index in [1.165, 1.54) is 0 Å².